The van der Waals surface area contributed by atoms with Crippen LogP contribution in [0.3, 0.4) is 0 Å². The smallest absolute Gasteiger partial charge is 0.245 e. The maximum absolute atomic E-state index is 12.4. The summed E-state index contributed by atoms with van der Waals surface area (Å²) in [6.45, 7) is 0.809. The Kier molecular flexibility index (Phi) is 3.82. The lowest BCUT2D eigenvalue weighted by atomic mass is 10.3. The van der Waals surface area contributed by atoms with Crippen LogP contribution in [0, 0.1) is 0 Å². The van der Waals surface area contributed by atoms with Crippen LogP contribution in [0.1, 0.15) is 6.42 Å². The number of nitrogens with zero attached hydrogens (tertiary/aromatic N) is 1. The Morgan fingerprint density at radius 1 is 1.50 bits per heavy atom. The molecule has 1 heterocycles. The molecular weight excluding hydrogens is 276 g/mol. The summed E-state index contributed by atoms with van der Waals surface area (Å²) in [7, 11) is -1.98. The normalized spacial score (nSPS) is 21.3. The first-order chi connectivity index (χ1) is 8.45. The third kappa shape index (κ3) is 2.47. The highest BCUT2D eigenvalue weighted by molar-refractivity contribution is 7.89. The Balaban J connectivity index is 2.31. The number of methoxy groups -OCH3 is 1. The van der Waals surface area contributed by atoms with Crippen LogP contribution in [0.15, 0.2) is 23.1 Å². The highest BCUT2D eigenvalue weighted by atomic mass is 35.5. The summed E-state index contributed by atoms with van der Waals surface area (Å²) in [5.41, 5.74) is 5.89. The monoisotopic (exact) mass is 290 g/mol. The van der Waals surface area contributed by atoms with Gasteiger partial charge in [0.1, 0.15) is 4.90 Å². The zero-order valence-electron chi connectivity index (χ0n) is 9.97. The van der Waals surface area contributed by atoms with Gasteiger partial charge in [0.2, 0.25) is 10.0 Å². The molecule has 0 radical (unpaired) electrons. The minimum Gasteiger partial charge on any atom is -0.398 e. The first-order valence-electron chi connectivity index (χ1n) is 5.53. The molecule has 18 heavy (non-hydrogen) atoms. The number of hydrogen-bond donors (Lipinski definition) is 1. The topological polar surface area (TPSA) is 72.6 Å². The number of halogens is 1. The van der Waals surface area contributed by atoms with Crippen molar-refractivity contribution in [1.82, 2.24) is 4.31 Å². The molecule has 1 aliphatic heterocycles. The van der Waals surface area contributed by atoms with Crippen LogP contribution in [0.25, 0.3) is 0 Å². The highest BCUT2D eigenvalue weighted by Gasteiger charge is 2.33. The van der Waals surface area contributed by atoms with E-state index in [1.807, 2.05) is 0 Å². The fourth-order valence-electron chi connectivity index (χ4n) is 2.00. The van der Waals surface area contributed by atoms with Crippen LogP contribution < -0.4 is 5.73 Å². The Morgan fingerprint density at radius 3 is 2.78 bits per heavy atom. The van der Waals surface area contributed by atoms with Crippen LogP contribution in [-0.2, 0) is 14.8 Å². The van der Waals surface area contributed by atoms with Crippen molar-refractivity contribution in [3.8, 4) is 0 Å². The largest absolute Gasteiger partial charge is 0.398 e. The van der Waals surface area contributed by atoms with Crippen molar-refractivity contribution in [2.45, 2.75) is 17.4 Å². The van der Waals surface area contributed by atoms with Crippen LogP contribution in [0.4, 0.5) is 5.69 Å². The van der Waals surface area contributed by atoms with E-state index in [9.17, 15) is 8.42 Å². The Labute approximate surface area is 112 Å². The van der Waals surface area contributed by atoms with Gasteiger partial charge in [0.05, 0.1) is 11.8 Å². The maximum atomic E-state index is 12.4. The molecule has 2 N–H and O–H groups in total. The lowest BCUT2D eigenvalue weighted by molar-refractivity contribution is 0.115. The molecule has 0 amide bonds. The third-order valence-electron chi connectivity index (χ3n) is 3.03. The molecule has 1 aromatic rings. The second-order valence-electron chi connectivity index (χ2n) is 4.19. The second-order valence-corrected chi connectivity index (χ2v) is 6.53. The molecule has 5 nitrogen and oxygen atoms in total. The molecule has 0 saturated carbocycles. The van der Waals surface area contributed by atoms with Gasteiger partial charge in [-0.3, -0.25) is 0 Å². The number of nitrogens with two attached hydrogens (primary N) is 1. The van der Waals surface area contributed by atoms with Gasteiger partial charge >= 0.3 is 0 Å². The van der Waals surface area contributed by atoms with Gasteiger partial charge in [-0.25, -0.2) is 8.42 Å². The second kappa shape index (κ2) is 5.05. The van der Waals surface area contributed by atoms with Gasteiger partial charge in [-0.1, -0.05) is 11.6 Å². The zero-order chi connectivity index (χ0) is 13.3. The highest BCUT2D eigenvalue weighted by Crippen LogP contribution is 2.28. The maximum Gasteiger partial charge on any atom is 0.245 e. The van der Waals surface area contributed by atoms with Crippen LogP contribution in [0.2, 0.25) is 5.02 Å². The van der Waals surface area contributed by atoms with Crippen molar-refractivity contribution in [3.05, 3.63) is 23.2 Å². The summed E-state index contributed by atoms with van der Waals surface area (Å²) in [5.74, 6) is 0. The quantitative estimate of drug-likeness (QED) is 0.853. The molecule has 0 spiro atoms. The SMILES string of the molecule is COC1CCN(S(=O)(=O)c2ccc(Cl)cc2N)C1. The lowest BCUT2D eigenvalue weighted by Gasteiger charge is -2.17. The van der Waals surface area contributed by atoms with Crippen molar-refractivity contribution >= 4 is 27.3 Å². The number of nitrogen functional groups attached to an aromatic ring is 1. The molecular formula is C11H15ClN2O3S. The molecule has 0 aliphatic carbocycles. The Bertz CT molecular complexity index is 547. The summed E-state index contributed by atoms with van der Waals surface area (Å²) >= 11 is 5.76. The molecule has 0 aromatic heterocycles. The molecule has 2 rings (SSSR count). The number of rotatable bonds is 3. The number of sulfonamides is 1. The number of ether oxygens (including phenoxy) is 1. The summed E-state index contributed by atoms with van der Waals surface area (Å²) in [4.78, 5) is 0.101. The van der Waals surface area contributed by atoms with Crippen LogP contribution in [-0.4, -0.2) is 39.0 Å². The van der Waals surface area contributed by atoms with Gasteiger partial charge in [0.25, 0.3) is 0 Å². The zero-order valence-corrected chi connectivity index (χ0v) is 11.5. The number of hydrogen-bond acceptors (Lipinski definition) is 4. The van der Waals surface area contributed by atoms with Crippen molar-refractivity contribution in [3.63, 3.8) is 0 Å². The van der Waals surface area contributed by atoms with E-state index in [4.69, 9.17) is 22.1 Å². The van der Waals surface area contributed by atoms with Crippen LogP contribution in [0.5, 0.6) is 0 Å². The molecule has 1 aliphatic rings. The molecule has 100 valence electrons. The summed E-state index contributed by atoms with van der Waals surface area (Å²) in [5, 5.41) is 0.419. The third-order valence-corrected chi connectivity index (χ3v) is 5.20. The van der Waals surface area contributed by atoms with Crippen molar-refractivity contribution in [1.29, 1.82) is 0 Å². The molecule has 1 fully saturated rings. The predicted octanol–water partition coefficient (Wildman–Crippen LogP) is 1.33. The molecule has 1 aromatic carbocycles. The van der Waals surface area contributed by atoms with Crippen molar-refractivity contribution in [2.24, 2.45) is 0 Å². The minimum atomic E-state index is -3.56. The standard InChI is InChI=1S/C11H15ClN2O3S/c1-17-9-4-5-14(7-9)18(15,16)11-3-2-8(12)6-10(11)13/h2-3,6,9H,4-5,7,13H2,1H3. The average Bonchev–Trinajstić information content (AvgIpc) is 2.77. The summed E-state index contributed by atoms with van der Waals surface area (Å²) in [6, 6.07) is 4.40. The van der Waals surface area contributed by atoms with E-state index in [0.717, 1.165) is 0 Å². The molecule has 1 atom stereocenters. The molecule has 0 bridgehead atoms. The van der Waals surface area contributed by atoms with E-state index in [2.05, 4.69) is 0 Å². The van der Waals surface area contributed by atoms with Gasteiger partial charge in [-0.2, -0.15) is 4.31 Å². The summed E-state index contributed by atoms with van der Waals surface area (Å²) in [6.07, 6.45) is 0.650. The molecule has 1 saturated heterocycles. The van der Waals surface area contributed by atoms with Crippen LogP contribution >= 0.6 is 11.6 Å². The number of benzene rings is 1. The van der Waals surface area contributed by atoms with E-state index in [1.54, 1.807) is 7.11 Å². The fourth-order valence-corrected chi connectivity index (χ4v) is 3.77. The Morgan fingerprint density at radius 2 is 2.22 bits per heavy atom. The average molecular weight is 291 g/mol. The van der Waals surface area contributed by atoms with Crippen molar-refractivity contribution in [2.75, 3.05) is 25.9 Å². The van der Waals surface area contributed by atoms with E-state index < -0.39 is 10.0 Å². The first kappa shape index (κ1) is 13.6. The van der Waals surface area contributed by atoms with Gasteiger partial charge in [-0.05, 0) is 24.6 Å². The van der Waals surface area contributed by atoms with E-state index in [1.165, 1.54) is 22.5 Å². The molecule has 1 unspecified atom stereocenters. The lowest BCUT2D eigenvalue weighted by Crippen LogP contribution is -2.30. The molecule has 7 heteroatoms. The number of anilines is 1. The Hall–Kier alpha value is -0.820. The van der Waals surface area contributed by atoms with E-state index in [0.29, 0.717) is 24.5 Å². The predicted molar refractivity (Wildman–Crippen MR) is 70.0 cm³/mol. The van der Waals surface area contributed by atoms with Gasteiger partial charge in [0, 0.05) is 25.2 Å². The van der Waals surface area contributed by atoms with E-state index >= 15 is 0 Å². The van der Waals surface area contributed by atoms with Gasteiger partial charge in [-0.15, -0.1) is 0 Å². The van der Waals surface area contributed by atoms with E-state index in [-0.39, 0.29) is 16.7 Å². The van der Waals surface area contributed by atoms with Gasteiger partial charge in [0.15, 0.2) is 0 Å². The fraction of sp³-hybridized carbons (Fsp3) is 0.455. The van der Waals surface area contributed by atoms with Gasteiger partial charge < -0.3 is 10.5 Å². The van der Waals surface area contributed by atoms with Crippen molar-refractivity contribution < 1.29 is 13.2 Å². The summed E-state index contributed by atoms with van der Waals surface area (Å²) < 4.78 is 31.3. The minimum absolute atomic E-state index is 0.0479. The first-order valence-corrected chi connectivity index (χ1v) is 7.35.